The maximum atomic E-state index is 12.5. The van der Waals surface area contributed by atoms with E-state index in [9.17, 15) is 13.2 Å². The number of sulfonamides is 1. The highest BCUT2D eigenvalue weighted by atomic mass is 32.2. The zero-order chi connectivity index (χ0) is 22.3. The summed E-state index contributed by atoms with van der Waals surface area (Å²) in [4.78, 5) is 12.6. The van der Waals surface area contributed by atoms with Crippen molar-refractivity contribution in [1.82, 2.24) is 9.62 Å². The van der Waals surface area contributed by atoms with Crippen molar-refractivity contribution in [2.75, 3.05) is 26.0 Å². The third kappa shape index (κ3) is 6.39. The topological polar surface area (TPSA) is 78.5 Å². The minimum absolute atomic E-state index is 0.0480. The van der Waals surface area contributed by atoms with Gasteiger partial charge < -0.3 is 10.6 Å². The molecule has 2 N–H and O–H groups in total. The Kier molecular flexibility index (Phi) is 8.58. The summed E-state index contributed by atoms with van der Waals surface area (Å²) in [5, 5.41) is 6.11. The molecule has 1 atom stereocenters. The van der Waals surface area contributed by atoms with Crippen LogP contribution < -0.4 is 10.6 Å². The van der Waals surface area contributed by atoms with Gasteiger partial charge in [-0.1, -0.05) is 57.5 Å². The third-order valence-corrected chi connectivity index (χ3v) is 6.73. The first-order valence-corrected chi connectivity index (χ1v) is 11.7. The van der Waals surface area contributed by atoms with Gasteiger partial charge in [-0.15, -0.1) is 0 Å². The molecule has 0 aromatic heterocycles. The smallest absolute Gasteiger partial charge is 0.242 e. The van der Waals surface area contributed by atoms with Gasteiger partial charge in [0.05, 0.1) is 11.4 Å². The Morgan fingerprint density at radius 1 is 1.07 bits per heavy atom. The highest BCUT2D eigenvalue weighted by molar-refractivity contribution is 7.89. The number of aryl methyl sites for hydroxylation is 1. The molecular formula is C23H33N3O3S. The second kappa shape index (κ2) is 10.7. The van der Waals surface area contributed by atoms with Gasteiger partial charge in [-0.25, -0.2) is 12.7 Å². The van der Waals surface area contributed by atoms with Crippen LogP contribution in [0.4, 0.5) is 5.69 Å². The van der Waals surface area contributed by atoms with Gasteiger partial charge >= 0.3 is 0 Å². The molecule has 0 aliphatic heterocycles. The second-order valence-corrected chi connectivity index (χ2v) is 10.1. The molecule has 2 aromatic rings. The van der Waals surface area contributed by atoms with Crippen LogP contribution >= 0.6 is 0 Å². The molecule has 0 heterocycles. The van der Waals surface area contributed by atoms with Crippen LogP contribution in [0.5, 0.6) is 0 Å². The van der Waals surface area contributed by atoms with Crippen LogP contribution in [0.3, 0.4) is 0 Å². The van der Waals surface area contributed by atoms with E-state index >= 15 is 0 Å². The summed E-state index contributed by atoms with van der Waals surface area (Å²) in [5.74, 6) is 0.0889. The molecule has 0 saturated carbocycles. The fraction of sp³-hybridized carbons (Fsp3) is 0.435. The molecule has 0 bridgehead atoms. The van der Waals surface area contributed by atoms with E-state index in [-0.39, 0.29) is 23.4 Å². The van der Waals surface area contributed by atoms with Crippen LogP contribution in [-0.4, -0.2) is 39.3 Å². The number of amides is 1. The minimum Gasteiger partial charge on any atom is -0.325 e. The Morgan fingerprint density at radius 3 is 2.30 bits per heavy atom. The van der Waals surface area contributed by atoms with Gasteiger partial charge in [0.25, 0.3) is 0 Å². The van der Waals surface area contributed by atoms with Crippen LogP contribution in [0.1, 0.15) is 44.4 Å². The standard InChI is InChI=1S/C23H33N3O3S/c1-6-8-18-11-13-19(14-12-18)23(17(2)3)24-16-22(27)25-20-9-7-10-21(15-20)30(28,29)26(4)5/h7,9-15,17,23-24H,6,8,16H2,1-5H3,(H,25,27)/t23-/m1/s1. The molecule has 0 fully saturated rings. The summed E-state index contributed by atoms with van der Waals surface area (Å²) in [6, 6.07) is 14.9. The quantitative estimate of drug-likeness (QED) is 0.600. The van der Waals surface area contributed by atoms with Gasteiger partial charge in [0.15, 0.2) is 0 Å². The molecule has 6 nitrogen and oxygen atoms in total. The molecule has 0 aliphatic carbocycles. The van der Waals surface area contributed by atoms with Crippen LogP contribution in [-0.2, 0) is 21.2 Å². The van der Waals surface area contributed by atoms with Gasteiger partial charge in [0.2, 0.25) is 15.9 Å². The normalized spacial score (nSPS) is 12.9. The molecule has 30 heavy (non-hydrogen) atoms. The summed E-state index contributed by atoms with van der Waals surface area (Å²) in [5.41, 5.74) is 2.92. The lowest BCUT2D eigenvalue weighted by Crippen LogP contribution is -2.33. The highest BCUT2D eigenvalue weighted by Crippen LogP contribution is 2.22. The molecule has 0 aliphatic rings. The summed E-state index contributed by atoms with van der Waals surface area (Å²) < 4.78 is 25.7. The molecule has 0 saturated heterocycles. The number of nitrogens with one attached hydrogen (secondary N) is 2. The lowest BCUT2D eigenvalue weighted by atomic mass is 9.94. The third-order valence-electron chi connectivity index (χ3n) is 4.92. The number of carbonyl (C=O) groups is 1. The van der Waals surface area contributed by atoms with E-state index in [0.717, 1.165) is 22.7 Å². The molecular weight excluding hydrogens is 398 g/mol. The van der Waals surface area contributed by atoms with Crippen LogP contribution in [0.15, 0.2) is 53.4 Å². The van der Waals surface area contributed by atoms with Crippen LogP contribution in [0.25, 0.3) is 0 Å². The molecule has 1 amide bonds. The van der Waals surface area contributed by atoms with Crippen molar-refractivity contribution in [3.63, 3.8) is 0 Å². The van der Waals surface area contributed by atoms with E-state index in [2.05, 4.69) is 55.7 Å². The fourth-order valence-corrected chi connectivity index (χ4v) is 4.22. The van der Waals surface area contributed by atoms with E-state index < -0.39 is 10.0 Å². The predicted molar refractivity (Wildman–Crippen MR) is 122 cm³/mol. The van der Waals surface area contributed by atoms with Crippen molar-refractivity contribution in [2.45, 2.75) is 44.6 Å². The minimum atomic E-state index is -3.55. The Morgan fingerprint density at radius 2 is 1.73 bits per heavy atom. The molecule has 164 valence electrons. The molecule has 2 rings (SSSR count). The number of anilines is 1. The SMILES string of the molecule is CCCc1ccc([C@H](NCC(=O)Nc2cccc(S(=O)(=O)N(C)C)c2)C(C)C)cc1. The maximum Gasteiger partial charge on any atom is 0.242 e. The Balaban J connectivity index is 2.03. The second-order valence-electron chi connectivity index (χ2n) is 7.96. The van der Waals surface area contributed by atoms with E-state index in [0.29, 0.717) is 11.6 Å². The lowest BCUT2D eigenvalue weighted by Gasteiger charge is -2.23. The number of benzene rings is 2. The summed E-state index contributed by atoms with van der Waals surface area (Å²) in [6.07, 6.45) is 2.17. The number of nitrogens with zero attached hydrogens (tertiary/aromatic N) is 1. The average molecular weight is 432 g/mol. The molecule has 0 unspecified atom stereocenters. The first-order valence-electron chi connectivity index (χ1n) is 10.3. The van der Waals surface area contributed by atoms with E-state index in [1.165, 1.54) is 31.8 Å². The van der Waals surface area contributed by atoms with Gasteiger partial charge in [0, 0.05) is 25.8 Å². The van der Waals surface area contributed by atoms with Crippen molar-refractivity contribution in [1.29, 1.82) is 0 Å². The average Bonchev–Trinajstić information content (AvgIpc) is 2.69. The number of hydrogen-bond acceptors (Lipinski definition) is 4. The Hall–Kier alpha value is -2.22. The van der Waals surface area contributed by atoms with Crippen molar-refractivity contribution >= 4 is 21.6 Å². The number of rotatable bonds is 10. The highest BCUT2D eigenvalue weighted by Gasteiger charge is 2.19. The van der Waals surface area contributed by atoms with Crippen molar-refractivity contribution in [3.05, 3.63) is 59.7 Å². The molecule has 7 heteroatoms. The predicted octanol–water partition coefficient (Wildman–Crippen LogP) is 3.81. The van der Waals surface area contributed by atoms with E-state index in [1.54, 1.807) is 12.1 Å². The summed E-state index contributed by atoms with van der Waals surface area (Å²) >= 11 is 0. The Bertz CT molecular complexity index is 938. The lowest BCUT2D eigenvalue weighted by molar-refractivity contribution is -0.115. The molecule has 0 radical (unpaired) electrons. The number of hydrogen-bond donors (Lipinski definition) is 2. The zero-order valence-corrected chi connectivity index (χ0v) is 19.3. The van der Waals surface area contributed by atoms with Gasteiger partial charge in [-0.05, 0) is 41.7 Å². The molecule has 0 spiro atoms. The van der Waals surface area contributed by atoms with Crippen molar-refractivity contribution in [2.24, 2.45) is 5.92 Å². The van der Waals surface area contributed by atoms with Crippen LogP contribution in [0.2, 0.25) is 0 Å². The number of carbonyl (C=O) groups excluding carboxylic acids is 1. The van der Waals surface area contributed by atoms with E-state index in [4.69, 9.17) is 0 Å². The van der Waals surface area contributed by atoms with Crippen LogP contribution in [0, 0.1) is 5.92 Å². The van der Waals surface area contributed by atoms with Gasteiger partial charge in [0.1, 0.15) is 0 Å². The van der Waals surface area contributed by atoms with Crippen molar-refractivity contribution in [3.8, 4) is 0 Å². The zero-order valence-electron chi connectivity index (χ0n) is 18.5. The monoisotopic (exact) mass is 431 g/mol. The Labute approximate surface area is 180 Å². The summed E-state index contributed by atoms with van der Waals surface area (Å²) in [7, 11) is -0.595. The van der Waals surface area contributed by atoms with Gasteiger partial charge in [-0.3, -0.25) is 4.79 Å². The largest absolute Gasteiger partial charge is 0.325 e. The molecule has 2 aromatic carbocycles. The van der Waals surface area contributed by atoms with E-state index in [1.807, 2.05) is 0 Å². The first-order chi connectivity index (χ1) is 14.1. The fourth-order valence-electron chi connectivity index (χ4n) is 3.27. The maximum absolute atomic E-state index is 12.5. The first kappa shape index (κ1) is 24.1. The van der Waals surface area contributed by atoms with Gasteiger partial charge in [-0.2, -0.15) is 0 Å². The summed E-state index contributed by atoms with van der Waals surface area (Å²) in [6.45, 7) is 6.52. The van der Waals surface area contributed by atoms with Crippen molar-refractivity contribution < 1.29 is 13.2 Å².